The smallest absolute Gasteiger partial charge is 0.230 e. The topological polar surface area (TPSA) is 49.3 Å². The molecule has 17 heavy (non-hydrogen) atoms. The second-order valence-corrected chi connectivity index (χ2v) is 5.18. The first-order valence-electron chi connectivity index (χ1n) is 5.49. The van der Waals surface area contributed by atoms with Crippen molar-refractivity contribution in [3.8, 4) is 0 Å². The van der Waals surface area contributed by atoms with Gasteiger partial charge in [0.05, 0.1) is 11.9 Å². The Kier molecular flexibility index (Phi) is 4.02. The fraction of sp³-hybridized carbons (Fsp3) is 0.417. The Morgan fingerprint density at radius 3 is 2.65 bits per heavy atom. The third-order valence-electron chi connectivity index (χ3n) is 2.66. The average molecular weight is 255 g/mol. The van der Waals surface area contributed by atoms with E-state index < -0.39 is 0 Å². The predicted molar refractivity (Wildman–Crippen MR) is 64.3 cm³/mol. The van der Waals surface area contributed by atoms with Gasteiger partial charge in [-0.1, -0.05) is 0 Å². The van der Waals surface area contributed by atoms with Gasteiger partial charge in [0.1, 0.15) is 5.82 Å². The maximum atomic E-state index is 12.6. The summed E-state index contributed by atoms with van der Waals surface area (Å²) in [5.74, 6) is -0.00316. The van der Waals surface area contributed by atoms with Crippen molar-refractivity contribution < 1.29 is 14.3 Å². The highest BCUT2D eigenvalue weighted by molar-refractivity contribution is 8.00. The molecule has 1 aliphatic carbocycles. The monoisotopic (exact) mass is 255 g/mol. The number of hydrogen-bond acceptors (Lipinski definition) is 3. The van der Waals surface area contributed by atoms with E-state index in [9.17, 15) is 9.18 Å². The van der Waals surface area contributed by atoms with Gasteiger partial charge in [-0.25, -0.2) is 4.39 Å². The number of aliphatic hydroxyl groups excluding tert-OH is 1. The van der Waals surface area contributed by atoms with E-state index in [1.54, 1.807) is 12.1 Å². The zero-order valence-electron chi connectivity index (χ0n) is 9.23. The fourth-order valence-electron chi connectivity index (χ4n) is 1.65. The lowest BCUT2D eigenvalue weighted by Crippen LogP contribution is -2.47. The summed E-state index contributed by atoms with van der Waals surface area (Å²) in [6, 6.07) is 6.18. The third-order valence-corrected chi connectivity index (χ3v) is 3.67. The molecule has 0 atom stereocenters. The van der Waals surface area contributed by atoms with Crippen molar-refractivity contribution in [1.82, 2.24) is 5.32 Å². The Balaban J connectivity index is 1.70. The molecule has 1 aromatic carbocycles. The second kappa shape index (κ2) is 5.51. The maximum Gasteiger partial charge on any atom is 0.230 e. The van der Waals surface area contributed by atoms with Crippen LogP contribution in [-0.2, 0) is 4.79 Å². The number of nitrogens with one attached hydrogen (secondary N) is 1. The van der Waals surface area contributed by atoms with Crippen LogP contribution in [0.25, 0.3) is 0 Å². The van der Waals surface area contributed by atoms with Crippen LogP contribution in [0, 0.1) is 5.82 Å². The highest BCUT2D eigenvalue weighted by Gasteiger charge is 2.28. The molecule has 1 aliphatic rings. The zero-order chi connectivity index (χ0) is 12.3. The van der Waals surface area contributed by atoms with E-state index in [1.165, 1.54) is 23.9 Å². The SMILES string of the molecule is O=C(CSc1ccc(F)cc1)NC1CC(O)C1. The van der Waals surface area contributed by atoms with Crippen molar-refractivity contribution in [3.05, 3.63) is 30.1 Å². The number of carbonyl (C=O) groups is 1. The molecule has 0 radical (unpaired) electrons. The van der Waals surface area contributed by atoms with E-state index in [4.69, 9.17) is 5.11 Å². The summed E-state index contributed by atoms with van der Waals surface area (Å²) in [5, 5.41) is 11.9. The van der Waals surface area contributed by atoms with Gasteiger partial charge in [0.25, 0.3) is 0 Å². The summed E-state index contributed by atoms with van der Waals surface area (Å²) in [4.78, 5) is 12.4. The van der Waals surface area contributed by atoms with Crippen LogP contribution in [-0.4, -0.2) is 28.9 Å². The summed E-state index contributed by atoms with van der Waals surface area (Å²) in [6.45, 7) is 0. The van der Waals surface area contributed by atoms with Crippen LogP contribution in [0.3, 0.4) is 0 Å². The number of amides is 1. The molecule has 0 bridgehead atoms. The minimum atomic E-state index is -0.276. The van der Waals surface area contributed by atoms with E-state index in [-0.39, 0.29) is 23.9 Å². The van der Waals surface area contributed by atoms with Gasteiger partial charge < -0.3 is 10.4 Å². The van der Waals surface area contributed by atoms with Gasteiger partial charge in [-0.15, -0.1) is 11.8 Å². The summed E-state index contributed by atoms with van der Waals surface area (Å²) >= 11 is 1.37. The molecular formula is C12H14FNO2S. The first-order chi connectivity index (χ1) is 8.13. The molecule has 1 saturated carbocycles. The molecule has 92 valence electrons. The lowest BCUT2D eigenvalue weighted by molar-refractivity contribution is -0.120. The number of halogens is 1. The van der Waals surface area contributed by atoms with Crippen molar-refractivity contribution in [3.63, 3.8) is 0 Å². The quantitative estimate of drug-likeness (QED) is 0.803. The number of aliphatic hydroxyl groups is 1. The molecule has 1 amide bonds. The largest absolute Gasteiger partial charge is 0.393 e. The van der Waals surface area contributed by atoms with Crippen molar-refractivity contribution in [2.45, 2.75) is 29.9 Å². The molecule has 5 heteroatoms. The van der Waals surface area contributed by atoms with Gasteiger partial charge in [0.15, 0.2) is 0 Å². The fourth-order valence-corrected chi connectivity index (χ4v) is 2.36. The molecule has 1 aromatic rings. The summed E-state index contributed by atoms with van der Waals surface area (Å²) in [6.07, 6.45) is 1.03. The Bertz CT molecular complexity index is 390. The minimum absolute atomic E-state index is 0.0452. The Labute approximate surface area is 103 Å². The van der Waals surface area contributed by atoms with Crippen molar-refractivity contribution in [2.24, 2.45) is 0 Å². The van der Waals surface area contributed by atoms with E-state index in [0.717, 1.165) is 4.90 Å². The minimum Gasteiger partial charge on any atom is -0.393 e. The third kappa shape index (κ3) is 3.71. The second-order valence-electron chi connectivity index (χ2n) is 4.13. The van der Waals surface area contributed by atoms with Gasteiger partial charge in [-0.2, -0.15) is 0 Å². The molecule has 2 rings (SSSR count). The lowest BCUT2D eigenvalue weighted by atomic mass is 9.89. The van der Waals surface area contributed by atoms with Crippen LogP contribution in [0.4, 0.5) is 4.39 Å². The molecule has 0 aromatic heterocycles. The van der Waals surface area contributed by atoms with Gasteiger partial charge >= 0.3 is 0 Å². The van der Waals surface area contributed by atoms with E-state index in [1.807, 2.05) is 0 Å². The number of thioether (sulfide) groups is 1. The van der Waals surface area contributed by atoms with Crippen LogP contribution in [0.5, 0.6) is 0 Å². The molecule has 0 aliphatic heterocycles. The van der Waals surface area contributed by atoms with Gasteiger partial charge in [0, 0.05) is 10.9 Å². The highest BCUT2D eigenvalue weighted by Crippen LogP contribution is 2.21. The van der Waals surface area contributed by atoms with Crippen LogP contribution in [0.2, 0.25) is 0 Å². The van der Waals surface area contributed by atoms with E-state index in [0.29, 0.717) is 18.6 Å². The van der Waals surface area contributed by atoms with Gasteiger partial charge in [0.2, 0.25) is 5.91 Å². The molecule has 3 nitrogen and oxygen atoms in total. The maximum absolute atomic E-state index is 12.6. The zero-order valence-corrected chi connectivity index (χ0v) is 10.0. The lowest BCUT2D eigenvalue weighted by Gasteiger charge is -2.31. The number of carbonyl (C=O) groups excluding carboxylic acids is 1. The Morgan fingerprint density at radius 2 is 2.06 bits per heavy atom. The van der Waals surface area contributed by atoms with E-state index >= 15 is 0 Å². The first kappa shape index (κ1) is 12.4. The van der Waals surface area contributed by atoms with Crippen LogP contribution < -0.4 is 5.32 Å². The summed E-state index contributed by atoms with van der Waals surface area (Å²) in [5.41, 5.74) is 0. The van der Waals surface area contributed by atoms with Gasteiger partial charge in [-0.05, 0) is 37.1 Å². The molecule has 0 saturated heterocycles. The predicted octanol–water partition coefficient (Wildman–Crippen LogP) is 1.56. The molecule has 1 fully saturated rings. The summed E-state index contributed by atoms with van der Waals surface area (Å²) < 4.78 is 12.6. The highest BCUT2D eigenvalue weighted by atomic mass is 32.2. The van der Waals surface area contributed by atoms with Crippen LogP contribution >= 0.6 is 11.8 Å². The standard InChI is InChI=1S/C12H14FNO2S/c13-8-1-3-11(4-2-8)17-7-12(16)14-9-5-10(15)6-9/h1-4,9-10,15H,5-7H2,(H,14,16). The molecular weight excluding hydrogens is 241 g/mol. The van der Waals surface area contributed by atoms with Crippen LogP contribution in [0.15, 0.2) is 29.2 Å². The van der Waals surface area contributed by atoms with Gasteiger partial charge in [-0.3, -0.25) is 4.79 Å². The first-order valence-corrected chi connectivity index (χ1v) is 6.48. The normalized spacial score (nSPS) is 22.9. The van der Waals surface area contributed by atoms with Crippen molar-refractivity contribution in [1.29, 1.82) is 0 Å². The molecule has 0 spiro atoms. The van der Waals surface area contributed by atoms with Crippen molar-refractivity contribution in [2.75, 3.05) is 5.75 Å². The Hall–Kier alpha value is -1.07. The number of benzene rings is 1. The average Bonchev–Trinajstić information content (AvgIpc) is 2.26. The Morgan fingerprint density at radius 1 is 1.41 bits per heavy atom. The van der Waals surface area contributed by atoms with Crippen LogP contribution in [0.1, 0.15) is 12.8 Å². The van der Waals surface area contributed by atoms with E-state index in [2.05, 4.69) is 5.32 Å². The number of hydrogen-bond donors (Lipinski definition) is 2. The number of rotatable bonds is 4. The molecule has 0 unspecified atom stereocenters. The van der Waals surface area contributed by atoms with Crippen molar-refractivity contribution >= 4 is 17.7 Å². The summed E-state index contributed by atoms with van der Waals surface area (Å²) in [7, 11) is 0. The molecule has 2 N–H and O–H groups in total. The molecule has 0 heterocycles.